The van der Waals surface area contributed by atoms with Crippen LogP contribution in [-0.2, 0) is 16.1 Å². The quantitative estimate of drug-likeness (QED) is 0.431. The van der Waals surface area contributed by atoms with Crippen LogP contribution in [0.15, 0.2) is 77.4 Å². The van der Waals surface area contributed by atoms with Crippen molar-refractivity contribution < 1.29 is 18.7 Å². The maximum absolute atomic E-state index is 13.0. The molecular weight excluding hydrogens is 392 g/mol. The SMILES string of the molecule is Cc1ccc2nc(-c3ccccc3)cc(C(=O)OCC(=O)N(C)Cc3ccco3)c2c1. The summed E-state index contributed by atoms with van der Waals surface area (Å²) in [6.07, 6.45) is 1.55. The second-order valence-corrected chi connectivity index (χ2v) is 7.35. The Kier molecular flexibility index (Phi) is 5.80. The van der Waals surface area contributed by atoms with E-state index in [1.54, 1.807) is 31.5 Å². The van der Waals surface area contributed by atoms with Crippen LogP contribution in [0.2, 0.25) is 0 Å². The Bertz CT molecular complexity index is 1220. The van der Waals surface area contributed by atoms with Crippen molar-refractivity contribution in [3.63, 3.8) is 0 Å². The molecule has 6 heteroatoms. The number of aromatic nitrogens is 1. The fourth-order valence-electron chi connectivity index (χ4n) is 3.31. The molecule has 2 aromatic carbocycles. The van der Waals surface area contributed by atoms with Crippen LogP contribution < -0.4 is 0 Å². The predicted molar refractivity (Wildman–Crippen MR) is 117 cm³/mol. The van der Waals surface area contributed by atoms with Crippen molar-refractivity contribution in [2.75, 3.05) is 13.7 Å². The zero-order valence-corrected chi connectivity index (χ0v) is 17.4. The van der Waals surface area contributed by atoms with Crippen molar-refractivity contribution in [1.82, 2.24) is 9.88 Å². The summed E-state index contributed by atoms with van der Waals surface area (Å²) in [6, 6.07) is 20.6. The summed E-state index contributed by atoms with van der Waals surface area (Å²) in [5.41, 5.74) is 3.65. The molecule has 156 valence electrons. The Morgan fingerprint density at radius 3 is 2.58 bits per heavy atom. The molecule has 4 aromatic rings. The molecule has 0 bridgehead atoms. The van der Waals surface area contributed by atoms with E-state index in [2.05, 4.69) is 0 Å². The summed E-state index contributed by atoms with van der Waals surface area (Å²) < 4.78 is 10.6. The third-order valence-corrected chi connectivity index (χ3v) is 4.98. The molecule has 0 spiro atoms. The molecular formula is C25H22N2O4. The van der Waals surface area contributed by atoms with Gasteiger partial charge in [-0.05, 0) is 37.3 Å². The molecule has 0 radical (unpaired) electrons. The maximum atomic E-state index is 13.0. The number of hydrogen-bond acceptors (Lipinski definition) is 5. The fraction of sp³-hybridized carbons (Fsp3) is 0.160. The zero-order chi connectivity index (χ0) is 21.8. The van der Waals surface area contributed by atoms with Crippen molar-refractivity contribution in [3.05, 3.63) is 89.9 Å². The minimum absolute atomic E-state index is 0.304. The second-order valence-electron chi connectivity index (χ2n) is 7.35. The van der Waals surface area contributed by atoms with Gasteiger partial charge in [-0.25, -0.2) is 9.78 Å². The van der Waals surface area contributed by atoms with Gasteiger partial charge >= 0.3 is 5.97 Å². The predicted octanol–water partition coefficient (Wildman–Crippen LogP) is 4.62. The maximum Gasteiger partial charge on any atom is 0.339 e. The van der Waals surface area contributed by atoms with E-state index >= 15 is 0 Å². The Balaban J connectivity index is 1.57. The number of furan rings is 1. The van der Waals surface area contributed by atoms with Crippen LogP contribution in [-0.4, -0.2) is 35.4 Å². The normalized spacial score (nSPS) is 10.8. The van der Waals surface area contributed by atoms with Gasteiger partial charge in [0.2, 0.25) is 0 Å². The number of esters is 1. The van der Waals surface area contributed by atoms with E-state index in [0.717, 1.165) is 11.1 Å². The number of hydrogen-bond donors (Lipinski definition) is 0. The van der Waals surface area contributed by atoms with Crippen LogP contribution in [0.4, 0.5) is 0 Å². The number of likely N-dealkylation sites (N-methyl/N-ethyl adjacent to an activating group) is 1. The molecule has 31 heavy (non-hydrogen) atoms. The molecule has 0 saturated heterocycles. The molecule has 2 heterocycles. The van der Waals surface area contributed by atoms with Gasteiger partial charge in [-0.15, -0.1) is 0 Å². The summed E-state index contributed by atoms with van der Waals surface area (Å²) in [5, 5.41) is 0.695. The summed E-state index contributed by atoms with van der Waals surface area (Å²) in [5.74, 6) is -0.220. The minimum atomic E-state index is -0.560. The topological polar surface area (TPSA) is 72.6 Å². The number of aryl methyl sites for hydroxylation is 1. The Morgan fingerprint density at radius 2 is 1.84 bits per heavy atom. The lowest BCUT2D eigenvalue weighted by Gasteiger charge is -2.16. The number of amides is 1. The molecule has 0 unspecified atom stereocenters. The van der Waals surface area contributed by atoms with E-state index in [9.17, 15) is 9.59 Å². The van der Waals surface area contributed by atoms with Gasteiger partial charge in [0.15, 0.2) is 6.61 Å². The molecule has 0 fully saturated rings. The first-order valence-electron chi connectivity index (χ1n) is 9.91. The van der Waals surface area contributed by atoms with Crippen molar-refractivity contribution >= 4 is 22.8 Å². The van der Waals surface area contributed by atoms with Gasteiger partial charge in [0.1, 0.15) is 5.76 Å². The van der Waals surface area contributed by atoms with Crippen molar-refractivity contribution in [1.29, 1.82) is 0 Å². The van der Waals surface area contributed by atoms with E-state index in [1.165, 1.54) is 4.90 Å². The molecule has 4 rings (SSSR count). The van der Waals surface area contributed by atoms with E-state index < -0.39 is 5.97 Å². The summed E-state index contributed by atoms with van der Waals surface area (Å²) in [6.45, 7) is 1.90. The number of nitrogens with zero attached hydrogens (tertiary/aromatic N) is 2. The van der Waals surface area contributed by atoms with Crippen LogP contribution in [0.1, 0.15) is 21.7 Å². The van der Waals surface area contributed by atoms with Crippen LogP contribution in [0.5, 0.6) is 0 Å². The number of carbonyl (C=O) groups is 2. The Morgan fingerprint density at radius 1 is 1.03 bits per heavy atom. The van der Waals surface area contributed by atoms with E-state index in [-0.39, 0.29) is 12.5 Å². The van der Waals surface area contributed by atoms with Crippen LogP contribution in [0.25, 0.3) is 22.2 Å². The first-order chi connectivity index (χ1) is 15.0. The van der Waals surface area contributed by atoms with Crippen molar-refractivity contribution in [3.8, 4) is 11.3 Å². The summed E-state index contributed by atoms with van der Waals surface area (Å²) in [4.78, 5) is 31.5. The van der Waals surface area contributed by atoms with Crippen molar-refractivity contribution in [2.24, 2.45) is 0 Å². The third kappa shape index (κ3) is 4.64. The van der Waals surface area contributed by atoms with Gasteiger partial charge in [-0.3, -0.25) is 4.79 Å². The van der Waals surface area contributed by atoms with Gasteiger partial charge in [0.25, 0.3) is 5.91 Å². The Hall–Kier alpha value is -3.93. The van der Waals surface area contributed by atoms with E-state index in [4.69, 9.17) is 14.1 Å². The molecule has 0 aliphatic rings. The first kappa shape index (κ1) is 20.3. The number of carbonyl (C=O) groups excluding carboxylic acids is 2. The monoisotopic (exact) mass is 414 g/mol. The second kappa shape index (κ2) is 8.83. The van der Waals surface area contributed by atoms with Crippen LogP contribution in [0.3, 0.4) is 0 Å². The van der Waals surface area contributed by atoms with Crippen molar-refractivity contribution in [2.45, 2.75) is 13.5 Å². The minimum Gasteiger partial charge on any atom is -0.467 e. The Labute approximate surface area is 180 Å². The zero-order valence-electron chi connectivity index (χ0n) is 17.4. The van der Waals surface area contributed by atoms with Gasteiger partial charge in [-0.2, -0.15) is 0 Å². The average Bonchev–Trinajstić information content (AvgIpc) is 3.30. The van der Waals surface area contributed by atoms with Gasteiger partial charge in [0.05, 0.1) is 29.6 Å². The van der Waals surface area contributed by atoms with Crippen LogP contribution in [0, 0.1) is 6.92 Å². The molecule has 1 amide bonds. The number of ether oxygens (including phenoxy) is 1. The highest BCUT2D eigenvalue weighted by atomic mass is 16.5. The highest BCUT2D eigenvalue weighted by molar-refractivity contribution is 6.05. The van der Waals surface area contributed by atoms with E-state index in [1.807, 2.05) is 55.5 Å². The molecule has 0 saturated carbocycles. The molecule has 0 aliphatic carbocycles. The summed E-state index contributed by atoms with van der Waals surface area (Å²) in [7, 11) is 1.64. The van der Waals surface area contributed by atoms with Gasteiger partial charge < -0.3 is 14.1 Å². The fourth-order valence-corrected chi connectivity index (χ4v) is 3.31. The first-order valence-corrected chi connectivity index (χ1v) is 9.91. The molecule has 0 atom stereocenters. The lowest BCUT2D eigenvalue weighted by molar-refractivity contribution is -0.133. The smallest absolute Gasteiger partial charge is 0.339 e. The van der Waals surface area contributed by atoms with E-state index in [0.29, 0.717) is 34.5 Å². The third-order valence-electron chi connectivity index (χ3n) is 4.98. The number of benzene rings is 2. The van der Waals surface area contributed by atoms with Gasteiger partial charge in [0, 0.05) is 18.0 Å². The molecule has 0 aliphatic heterocycles. The molecule has 0 N–H and O–H groups in total. The average molecular weight is 414 g/mol. The lowest BCUT2D eigenvalue weighted by atomic mass is 10.0. The standard InChI is InChI=1S/C25H22N2O4/c1-17-10-11-22-20(13-17)21(14-23(26-22)18-7-4-3-5-8-18)25(29)31-16-24(28)27(2)15-19-9-6-12-30-19/h3-14H,15-16H2,1-2H3. The lowest BCUT2D eigenvalue weighted by Crippen LogP contribution is -2.30. The highest BCUT2D eigenvalue weighted by Crippen LogP contribution is 2.26. The van der Waals surface area contributed by atoms with Crippen LogP contribution >= 0.6 is 0 Å². The number of rotatable bonds is 6. The number of pyridine rings is 1. The molecule has 2 aromatic heterocycles. The number of fused-ring (bicyclic) bond motifs is 1. The molecule has 6 nitrogen and oxygen atoms in total. The summed E-state index contributed by atoms with van der Waals surface area (Å²) >= 11 is 0. The highest BCUT2D eigenvalue weighted by Gasteiger charge is 2.18. The largest absolute Gasteiger partial charge is 0.467 e. The van der Waals surface area contributed by atoms with Gasteiger partial charge in [-0.1, -0.05) is 42.0 Å².